The maximum absolute atomic E-state index is 11.3. The smallest absolute Gasteiger partial charge is 0.307 e. The Bertz CT molecular complexity index is 390. The maximum Gasteiger partial charge on any atom is 0.307 e. The van der Waals surface area contributed by atoms with E-state index in [1.807, 2.05) is 25.1 Å². The molecule has 1 rings (SSSR count). The molecule has 0 heterocycles. The van der Waals surface area contributed by atoms with Gasteiger partial charge in [0.15, 0.2) is 0 Å². The first-order valence-electron chi connectivity index (χ1n) is 5.64. The average molecular weight is 237 g/mol. The van der Waals surface area contributed by atoms with Crippen LogP contribution in [0.15, 0.2) is 18.2 Å². The highest BCUT2D eigenvalue weighted by molar-refractivity contribution is 5.70. The molecule has 1 aromatic rings. The zero-order valence-electron chi connectivity index (χ0n) is 10.5. The van der Waals surface area contributed by atoms with Crippen LogP contribution in [0.5, 0.6) is 5.75 Å². The summed E-state index contributed by atoms with van der Waals surface area (Å²) in [4.78, 5) is 11.3. The van der Waals surface area contributed by atoms with E-state index in [1.54, 1.807) is 14.0 Å². The average Bonchev–Trinajstić information content (AvgIpc) is 2.29. The summed E-state index contributed by atoms with van der Waals surface area (Å²) in [6.45, 7) is 4.10. The summed E-state index contributed by atoms with van der Waals surface area (Å²) in [6, 6.07) is 5.33. The van der Waals surface area contributed by atoms with Crippen LogP contribution in [0, 0.1) is 6.92 Å². The van der Waals surface area contributed by atoms with Crippen molar-refractivity contribution in [2.24, 2.45) is 5.73 Å². The van der Waals surface area contributed by atoms with Gasteiger partial charge in [0.2, 0.25) is 0 Å². The molecule has 0 saturated heterocycles. The third-order valence-electron chi connectivity index (χ3n) is 2.54. The van der Waals surface area contributed by atoms with Crippen molar-refractivity contribution < 1.29 is 14.3 Å². The van der Waals surface area contributed by atoms with Gasteiger partial charge in [-0.3, -0.25) is 4.79 Å². The quantitative estimate of drug-likeness (QED) is 0.795. The van der Waals surface area contributed by atoms with E-state index in [0.29, 0.717) is 6.61 Å². The third kappa shape index (κ3) is 3.75. The molecule has 4 heteroatoms. The maximum atomic E-state index is 11.3. The molecule has 0 aliphatic carbocycles. The fourth-order valence-corrected chi connectivity index (χ4v) is 1.65. The van der Waals surface area contributed by atoms with Gasteiger partial charge in [0.1, 0.15) is 5.75 Å². The van der Waals surface area contributed by atoms with E-state index in [9.17, 15) is 4.79 Å². The van der Waals surface area contributed by atoms with Crippen molar-refractivity contribution in [1.82, 2.24) is 0 Å². The van der Waals surface area contributed by atoms with E-state index < -0.39 is 0 Å². The molecule has 2 N–H and O–H groups in total. The van der Waals surface area contributed by atoms with E-state index in [1.165, 1.54) is 0 Å². The number of aryl methyl sites for hydroxylation is 1. The van der Waals surface area contributed by atoms with Crippen molar-refractivity contribution in [2.45, 2.75) is 26.3 Å². The first-order valence-corrected chi connectivity index (χ1v) is 5.64. The van der Waals surface area contributed by atoms with Crippen LogP contribution in [-0.2, 0) is 9.53 Å². The molecule has 0 aromatic heterocycles. The molecular weight excluding hydrogens is 218 g/mol. The lowest BCUT2D eigenvalue weighted by atomic mass is 10.0. The van der Waals surface area contributed by atoms with Gasteiger partial charge in [-0.25, -0.2) is 0 Å². The second kappa shape index (κ2) is 6.25. The van der Waals surface area contributed by atoms with Crippen molar-refractivity contribution in [3.63, 3.8) is 0 Å². The van der Waals surface area contributed by atoms with E-state index in [4.69, 9.17) is 15.2 Å². The second-order valence-electron chi connectivity index (χ2n) is 3.84. The number of nitrogens with two attached hydrogens (primary N) is 1. The van der Waals surface area contributed by atoms with Crippen LogP contribution in [0.3, 0.4) is 0 Å². The van der Waals surface area contributed by atoms with Crippen LogP contribution < -0.4 is 10.5 Å². The normalized spacial score (nSPS) is 12.0. The molecular formula is C13H19NO3. The standard InChI is InChI=1S/C13H19NO3/c1-4-17-13(15)8-11(14)10-5-6-12(16-3)9(2)7-10/h5-7,11H,4,8,14H2,1-3H3/t11-/m0/s1. The lowest BCUT2D eigenvalue weighted by Gasteiger charge is -2.13. The highest BCUT2D eigenvalue weighted by Crippen LogP contribution is 2.23. The van der Waals surface area contributed by atoms with Gasteiger partial charge in [0.25, 0.3) is 0 Å². The molecule has 94 valence electrons. The fourth-order valence-electron chi connectivity index (χ4n) is 1.65. The molecule has 0 radical (unpaired) electrons. The van der Waals surface area contributed by atoms with Crippen molar-refractivity contribution in [2.75, 3.05) is 13.7 Å². The van der Waals surface area contributed by atoms with Gasteiger partial charge in [0.05, 0.1) is 20.1 Å². The number of benzene rings is 1. The Hall–Kier alpha value is -1.55. The molecule has 17 heavy (non-hydrogen) atoms. The van der Waals surface area contributed by atoms with Gasteiger partial charge in [-0.1, -0.05) is 12.1 Å². The number of hydrogen-bond donors (Lipinski definition) is 1. The predicted molar refractivity (Wildman–Crippen MR) is 65.9 cm³/mol. The number of carbonyl (C=O) groups excluding carboxylic acids is 1. The van der Waals surface area contributed by atoms with Gasteiger partial charge in [-0.15, -0.1) is 0 Å². The largest absolute Gasteiger partial charge is 0.496 e. The first-order chi connectivity index (χ1) is 8.08. The van der Waals surface area contributed by atoms with E-state index in [0.717, 1.165) is 16.9 Å². The number of carbonyl (C=O) groups is 1. The Morgan fingerprint density at radius 2 is 2.18 bits per heavy atom. The Labute approximate surface area is 102 Å². The predicted octanol–water partition coefficient (Wildman–Crippen LogP) is 1.96. The van der Waals surface area contributed by atoms with E-state index in [2.05, 4.69) is 0 Å². The number of ether oxygens (including phenoxy) is 2. The fraction of sp³-hybridized carbons (Fsp3) is 0.462. The molecule has 0 spiro atoms. The van der Waals surface area contributed by atoms with Crippen LogP contribution in [0.1, 0.15) is 30.5 Å². The number of rotatable bonds is 5. The van der Waals surface area contributed by atoms with Crippen LogP contribution in [-0.4, -0.2) is 19.7 Å². The van der Waals surface area contributed by atoms with Gasteiger partial charge in [-0.2, -0.15) is 0 Å². The monoisotopic (exact) mass is 237 g/mol. The number of methoxy groups -OCH3 is 1. The zero-order chi connectivity index (χ0) is 12.8. The minimum Gasteiger partial charge on any atom is -0.496 e. The summed E-state index contributed by atoms with van der Waals surface area (Å²) in [5.41, 5.74) is 7.86. The summed E-state index contributed by atoms with van der Waals surface area (Å²) < 4.78 is 10.0. The molecule has 0 unspecified atom stereocenters. The van der Waals surface area contributed by atoms with Crippen molar-refractivity contribution in [1.29, 1.82) is 0 Å². The van der Waals surface area contributed by atoms with E-state index in [-0.39, 0.29) is 18.4 Å². The second-order valence-corrected chi connectivity index (χ2v) is 3.84. The highest BCUT2D eigenvalue weighted by atomic mass is 16.5. The molecule has 0 saturated carbocycles. The van der Waals surface area contributed by atoms with Gasteiger partial charge in [-0.05, 0) is 31.0 Å². The summed E-state index contributed by atoms with van der Waals surface area (Å²) >= 11 is 0. The molecule has 1 aromatic carbocycles. The van der Waals surface area contributed by atoms with Crippen LogP contribution in [0.2, 0.25) is 0 Å². The summed E-state index contributed by atoms with van der Waals surface area (Å²) in [5, 5.41) is 0. The minimum atomic E-state index is -0.335. The molecule has 0 fully saturated rings. The Balaban J connectivity index is 2.72. The van der Waals surface area contributed by atoms with Crippen molar-refractivity contribution >= 4 is 5.97 Å². The zero-order valence-corrected chi connectivity index (χ0v) is 10.5. The third-order valence-corrected chi connectivity index (χ3v) is 2.54. The van der Waals surface area contributed by atoms with Crippen molar-refractivity contribution in [3.05, 3.63) is 29.3 Å². The highest BCUT2D eigenvalue weighted by Gasteiger charge is 2.13. The summed E-state index contributed by atoms with van der Waals surface area (Å²) in [6.07, 6.45) is 0.194. The topological polar surface area (TPSA) is 61.5 Å². The van der Waals surface area contributed by atoms with Crippen LogP contribution in [0.25, 0.3) is 0 Å². The SMILES string of the molecule is CCOC(=O)C[C@H](N)c1ccc(OC)c(C)c1. The van der Waals surface area contributed by atoms with Crippen LogP contribution in [0.4, 0.5) is 0 Å². The summed E-state index contributed by atoms with van der Waals surface area (Å²) in [7, 11) is 1.63. The molecule has 4 nitrogen and oxygen atoms in total. The van der Waals surface area contributed by atoms with Crippen molar-refractivity contribution in [3.8, 4) is 5.75 Å². The molecule has 0 amide bonds. The molecule has 1 atom stereocenters. The lowest BCUT2D eigenvalue weighted by molar-refractivity contribution is -0.143. The van der Waals surface area contributed by atoms with Gasteiger partial charge in [0, 0.05) is 6.04 Å². The first kappa shape index (κ1) is 13.5. The van der Waals surface area contributed by atoms with Gasteiger partial charge < -0.3 is 15.2 Å². The number of hydrogen-bond acceptors (Lipinski definition) is 4. The minimum absolute atomic E-state index is 0.194. The Morgan fingerprint density at radius 3 is 2.71 bits per heavy atom. The molecule has 0 aliphatic rings. The Morgan fingerprint density at radius 1 is 1.47 bits per heavy atom. The van der Waals surface area contributed by atoms with Crippen LogP contribution >= 0.6 is 0 Å². The van der Waals surface area contributed by atoms with E-state index >= 15 is 0 Å². The Kier molecular flexibility index (Phi) is 4.97. The molecule has 0 aliphatic heterocycles. The number of esters is 1. The summed E-state index contributed by atoms with van der Waals surface area (Å²) in [5.74, 6) is 0.547. The molecule has 0 bridgehead atoms. The lowest BCUT2D eigenvalue weighted by Crippen LogP contribution is -2.17. The van der Waals surface area contributed by atoms with Gasteiger partial charge >= 0.3 is 5.97 Å².